The van der Waals surface area contributed by atoms with Crippen LogP contribution in [0.15, 0.2) is 24.3 Å². The molecule has 0 aliphatic carbocycles. The summed E-state index contributed by atoms with van der Waals surface area (Å²) in [7, 11) is 0. The van der Waals surface area contributed by atoms with Crippen LogP contribution in [-0.4, -0.2) is 60.9 Å². The third-order valence-corrected chi connectivity index (χ3v) is 10.0. The van der Waals surface area contributed by atoms with Crippen LogP contribution in [0.3, 0.4) is 0 Å². The summed E-state index contributed by atoms with van der Waals surface area (Å²) in [6.45, 7) is 10.3. The van der Waals surface area contributed by atoms with Crippen molar-refractivity contribution >= 4 is 11.9 Å². The number of hydrogen-bond donors (Lipinski definition) is 1. The monoisotopic (exact) mass is 734 g/mol. The maximum absolute atomic E-state index is 12.7. The SMILES string of the molecule is CCCC/C=C\CCC(CC/C=C\CCCC)OC(=O)CCCCCCCN(CCO)CCCCCCCC(=O)OCCCCCCCCCCC. The lowest BCUT2D eigenvalue weighted by Gasteiger charge is -2.21. The van der Waals surface area contributed by atoms with Gasteiger partial charge in [0.05, 0.1) is 13.2 Å². The zero-order valence-electron chi connectivity index (χ0n) is 34.9. The summed E-state index contributed by atoms with van der Waals surface area (Å²) in [5.41, 5.74) is 0. The van der Waals surface area contributed by atoms with Gasteiger partial charge in [-0.1, -0.05) is 161 Å². The summed E-state index contributed by atoms with van der Waals surface area (Å²) < 4.78 is 11.4. The lowest BCUT2D eigenvalue weighted by molar-refractivity contribution is -0.150. The van der Waals surface area contributed by atoms with E-state index < -0.39 is 0 Å². The van der Waals surface area contributed by atoms with Crippen molar-refractivity contribution < 1.29 is 24.2 Å². The van der Waals surface area contributed by atoms with Crippen molar-refractivity contribution in [1.29, 1.82) is 0 Å². The van der Waals surface area contributed by atoms with Crippen LogP contribution in [0.5, 0.6) is 0 Å². The number of hydrogen-bond acceptors (Lipinski definition) is 6. The standard InChI is InChI=1S/C46H87NO5/c1-4-7-10-13-16-17-18-27-34-43-51-45(49)37-30-23-19-25-32-39-47(41-42-48)40-33-26-20-24-31-38-46(50)52-44(35-28-21-14-11-8-5-2)36-29-22-15-12-9-6-3/h14-15,21-22,44,48H,4-13,16-20,23-43H2,1-3H3/b21-14-,22-15-. The molecule has 0 aromatic rings. The van der Waals surface area contributed by atoms with Crippen molar-refractivity contribution in [2.24, 2.45) is 0 Å². The summed E-state index contributed by atoms with van der Waals surface area (Å²) in [6, 6.07) is 0. The molecule has 0 rings (SSSR count). The van der Waals surface area contributed by atoms with E-state index in [9.17, 15) is 14.7 Å². The van der Waals surface area contributed by atoms with E-state index >= 15 is 0 Å². The molecule has 0 atom stereocenters. The van der Waals surface area contributed by atoms with Crippen LogP contribution in [0.2, 0.25) is 0 Å². The van der Waals surface area contributed by atoms with Gasteiger partial charge in [0.25, 0.3) is 0 Å². The number of esters is 2. The third-order valence-electron chi connectivity index (χ3n) is 10.0. The van der Waals surface area contributed by atoms with Crippen LogP contribution < -0.4 is 0 Å². The molecular formula is C46H87NO5. The van der Waals surface area contributed by atoms with Gasteiger partial charge in [0.1, 0.15) is 6.10 Å². The summed E-state index contributed by atoms with van der Waals surface area (Å²) in [5.74, 6) is -0.0658. The number of rotatable bonds is 41. The number of nitrogens with zero attached hydrogens (tertiary/aromatic N) is 1. The molecule has 52 heavy (non-hydrogen) atoms. The summed E-state index contributed by atoms with van der Waals surface area (Å²) in [5, 5.41) is 9.55. The normalized spacial score (nSPS) is 11.9. The van der Waals surface area contributed by atoms with Gasteiger partial charge >= 0.3 is 11.9 Å². The molecule has 0 amide bonds. The molecule has 6 nitrogen and oxygen atoms in total. The van der Waals surface area contributed by atoms with Crippen molar-refractivity contribution in [2.75, 3.05) is 32.8 Å². The van der Waals surface area contributed by atoms with Crippen molar-refractivity contribution in [1.82, 2.24) is 4.90 Å². The summed E-state index contributed by atoms with van der Waals surface area (Å²) in [6.07, 6.45) is 43.5. The fourth-order valence-electron chi connectivity index (χ4n) is 6.60. The van der Waals surface area contributed by atoms with E-state index in [0.29, 0.717) is 19.4 Å². The summed E-state index contributed by atoms with van der Waals surface area (Å²) >= 11 is 0. The van der Waals surface area contributed by atoms with Gasteiger partial charge in [-0.15, -0.1) is 0 Å². The van der Waals surface area contributed by atoms with E-state index in [2.05, 4.69) is 50.0 Å². The van der Waals surface area contributed by atoms with Gasteiger partial charge in [-0.3, -0.25) is 9.59 Å². The molecule has 0 saturated heterocycles. The molecule has 0 heterocycles. The zero-order valence-corrected chi connectivity index (χ0v) is 34.9. The Morgan fingerprint density at radius 3 is 1.42 bits per heavy atom. The van der Waals surface area contributed by atoms with Gasteiger partial charge in [0, 0.05) is 19.4 Å². The molecule has 0 spiro atoms. The molecular weight excluding hydrogens is 647 g/mol. The zero-order chi connectivity index (χ0) is 38.0. The van der Waals surface area contributed by atoms with Gasteiger partial charge in [0.15, 0.2) is 0 Å². The van der Waals surface area contributed by atoms with Gasteiger partial charge in [-0.05, 0) is 83.7 Å². The molecule has 0 bridgehead atoms. The smallest absolute Gasteiger partial charge is 0.306 e. The Morgan fingerprint density at radius 1 is 0.500 bits per heavy atom. The number of aliphatic hydroxyl groups is 1. The number of carbonyl (C=O) groups excluding carboxylic acids is 2. The van der Waals surface area contributed by atoms with E-state index in [1.807, 2.05) is 0 Å². The van der Waals surface area contributed by atoms with Crippen LogP contribution in [0.25, 0.3) is 0 Å². The maximum atomic E-state index is 12.7. The fraction of sp³-hybridized carbons (Fsp3) is 0.870. The first-order valence-corrected chi connectivity index (χ1v) is 22.6. The van der Waals surface area contributed by atoms with E-state index in [0.717, 1.165) is 129 Å². The number of unbranched alkanes of at least 4 members (excludes halogenated alkanes) is 20. The Bertz CT molecular complexity index is 791. The van der Waals surface area contributed by atoms with Crippen LogP contribution in [0.4, 0.5) is 0 Å². The first-order chi connectivity index (χ1) is 25.6. The fourth-order valence-corrected chi connectivity index (χ4v) is 6.60. The molecule has 0 unspecified atom stereocenters. The number of ether oxygens (including phenoxy) is 2. The van der Waals surface area contributed by atoms with Crippen molar-refractivity contribution in [3.63, 3.8) is 0 Å². The quantitative estimate of drug-likeness (QED) is 0.0383. The van der Waals surface area contributed by atoms with Gasteiger partial charge in [-0.25, -0.2) is 0 Å². The number of aliphatic hydroxyl groups excluding tert-OH is 1. The Morgan fingerprint density at radius 2 is 0.923 bits per heavy atom. The van der Waals surface area contributed by atoms with Crippen LogP contribution in [-0.2, 0) is 19.1 Å². The molecule has 6 heteroatoms. The second-order valence-electron chi connectivity index (χ2n) is 15.1. The molecule has 0 aliphatic rings. The number of carbonyl (C=O) groups is 2. The highest BCUT2D eigenvalue weighted by Crippen LogP contribution is 2.16. The average Bonchev–Trinajstić information content (AvgIpc) is 3.14. The summed E-state index contributed by atoms with van der Waals surface area (Å²) in [4.78, 5) is 27.1. The van der Waals surface area contributed by atoms with Crippen molar-refractivity contribution in [3.05, 3.63) is 24.3 Å². The topological polar surface area (TPSA) is 76.1 Å². The first-order valence-electron chi connectivity index (χ1n) is 22.6. The average molecular weight is 734 g/mol. The molecule has 0 aromatic heterocycles. The minimum absolute atomic E-state index is 0.0134. The second kappa shape index (κ2) is 42.1. The predicted molar refractivity (Wildman–Crippen MR) is 223 cm³/mol. The predicted octanol–water partition coefficient (Wildman–Crippen LogP) is 13.0. The van der Waals surface area contributed by atoms with E-state index in [1.54, 1.807) is 0 Å². The molecule has 0 aliphatic heterocycles. The van der Waals surface area contributed by atoms with Crippen molar-refractivity contribution in [3.8, 4) is 0 Å². The van der Waals surface area contributed by atoms with Gasteiger partial charge < -0.3 is 19.5 Å². The van der Waals surface area contributed by atoms with Crippen molar-refractivity contribution in [2.45, 2.75) is 226 Å². The van der Waals surface area contributed by atoms with E-state index in [-0.39, 0.29) is 24.6 Å². The van der Waals surface area contributed by atoms with Crippen LogP contribution in [0.1, 0.15) is 220 Å². The third kappa shape index (κ3) is 38.1. The highest BCUT2D eigenvalue weighted by atomic mass is 16.5. The molecule has 0 saturated carbocycles. The largest absolute Gasteiger partial charge is 0.466 e. The molecule has 0 radical (unpaired) electrons. The van der Waals surface area contributed by atoms with Gasteiger partial charge in [0.2, 0.25) is 0 Å². The highest BCUT2D eigenvalue weighted by Gasteiger charge is 2.13. The Balaban J connectivity index is 3.95. The van der Waals surface area contributed by atoms with Gasteiger partial charge in [-0.2, -0.15) is 0 Å². The highest BCUT2D eigenvalue weighted by molar-refractivity contribution is 5.69. The molecule has 0 aromatic carbocycles. The molecule has 306 valence electrons. The number of allylic oxidation sites excluding steroid dienone is 4. The Kier molecular flexibility index (Phi) is 40.7. The molecule has 0 fully saturated rings. The van der Waals surface area contributed by atoms with E-state index in [4.69, 9.17) is 9.47 Å². The molecule has 1 N–H and O–H groups in total. The van der Waals surface area contributed by atoms with Crippen LogP contribution >= 0.6 is 0 Å². The lowest BCUT2D eigenvalue weighted by Crippen LogP contribution is -2.29. The Labute approximate surface area is 323 Å². The minimum atomic E-state index is -0.0340. The Hall–Kier alpha value is -1.66. The maximum Gasteiger partial charge on any atom is 0.306 e. The second-order valence-corrected chi connectivity index (χ2v) is 15.1. The minimum Gasteiger partial charge on any atom is -0.466 e. The lowest BCUT2D eigenvalue weighted by atomic mass is 10.1. The van der Waals surface area contributed by atoms with E-state index in [1.165, 1.54) is 77.0 Å². The van der Waals surface area contributed by atoms with Crippen LogP contribution in [0, 0.1) is 0 Å². The first kappa shape index (κ1) is 50.3.